The molecule has 0 bridgehead atoms. The second kappa shape index (κ2) is 8.83. The number of nitrogens with zero attached hydrogens (tertiary/aromatic N) is 1. The van der Waals surface area contributed by atoms with Crippen LogP contribution in [0.4, 0.5) is 20.2 Å². The number of hydrogen-bond donors (Lipinski definition) is 2. The molecule has 1 aliphatic heterocycles. The predicted molar refractivity (Wildman–Crippen MR) is 107 cm³/mol. The third kappa shape index (κ3) is 5.07. The predicted octanol–water partition coefficient (Wildman–Crippen LogP) is 2.82. The van der Waals surface area contributed by atoms with Crippen molar-refractivity contribution in [2.45, 2.75) is 18.4 Å². The van der Waals surface area contributed by atoms with E-state index in [4.69, 9.17) is 4.74 Å². The zero-order valence-electron chi connectivity index (χ0n) is 16.1. The highest BCUT2D eigenvalue weighted by molar-refractivity contribution is 7.92. The minimum absolute atomic E-state index is 0.00379. The standard InChI is InChI=1S/C19H23F2N3O4S/c1-13-3-5-15(12-16(13)24-9-7-22-8-10-24)29(25,26)23-14-4-6-17(28-19(20)21)18(11-14)27-2/h3-6,11-12,19,22-23H,7-10H2,1-2H3. The van der Waals surface area contributed by atoms with Crippen molar-refractivity contribution in [3.63, 3.8) is 0 Å². The molecule has 2 aromatic carbocycles. The summed E-state index contributed by atoms with van der Waals surface area (Å²) < 4.78 is 62.5. The minimum Gasteiger partial charge on any atom is -0.493 e. The Hall–Kier alpha value is -2.59. The first kappa shape index (κ1) is 21.1. The lowest BCUT2D eigenvalue weighted by Gasteiger charge is -2.31. The third-order valence-electron chi connectivity index (χ3n) is 4.58. The Morgan fingerprint density at radius 3 is 2.48 bits per heavy atom. The summed E-state index contributed by atoms with van der Waals surface area (Å²) in [5, 5.41) is 3.27. The largest absolute Gasteiger partial charge is 0.493 e. The lowest BCUT2D eigenvalue weighted by Crippen LogP contribution is -2.43. The highest BCUT2D eigenvalue weighted by Gasteiger charge is 2.20. The van der Waals surface area contributed by atoms with Crippen LogP contribution in [0.2, 0.25) is 0 Å². The molecule has 1 fully saturated rings. The fraction of sp³-hybridized carbons (Fsp3) is 0.368. The zero-order chi connectivity index (χ0) is 21.0. The highest BCUT2D eigenvalue weighted by atomic mass is 32.2. The van der Waals surface area contributed by atoms with Gasteiger partial charge in [-0.1, -0.05) is 6.07 Å². The molecule has 7 nitrogen and oxygen atoms in total. The van der Waals surface area contributed by atoms with E-state index in [-0.39, 0.29) is 22.1 Å². The van der Waals surface area contributed by atoms with Crippen molar-refractivity contribution in [3.8, 4) is 11.5 Å². The van der Waals surface area contributed by atoms with Crippen LogP contribution < -0.4 is 24.4 Å². The molecule has 0 atom stereocenters. The van der Waals surface area contributed by atoms with Crippen LogP contribution in [-0.2, 0) is 10.0 Å². The molecule has 0 saturated carbocycles. The zero-order valence-corrected chi connectivity index (χ0v) is 16.9. The van der Waals surface area contributed by atoms with Crippen molar-refractivity contribution < 1.29 is 26.7 Å². The molecular formula is C19H23F2N3O4S. The maximum atomic E-state index is 12.9. The van der Waals surface area contributed by atoms with Crippen LogP contribution in [0.25, 0.3) is 0 Å². The number of methoxy groups -OCH3 is 1. The van der Waals surface area contributed by atoms with Crippen LogP contribution in [0.1, 0.15) is 5.56 Å². The molecule has 2 N–H and O–H groups in total. The fourth-order valence-corrected chi connectivity index (χ4v) is 4.21. The van der Waals surface area contributed by atoms with Crippen LogP contribution >= 0.6 is 0 Å². The molecule has 0 aliphatic carbocycles. The maximum absolute atomic E-state index is 12.9. The number of aryl methyl sites for hydroxylation is 1. The molecule has 10 heteroatoms. The summed E-state index contributed by atoms with van der Waals surface area (Å²) in [5.41, 5.74) is 2.03. The van der Waals surface area contributed by atoms with Crippen molar-refractivity contribution in [1.29, 1.82) is 0 Å². The van der Waals surface area contributed by atoms with Gasteiger partial charge in [-0.2, -0.15) is 8.78 Å². The van der Waals surface area contributed by atoms with Gasteiger partial charge in [-0.3, -0.25) is 4.72 Å². The van der Waals surface area contributed by atoms with Gasteiger partial charge in [0.05, 0.1) is 17.7 Å². The highest BCUT2D eigenvalue weighted by Crippen LogP contribution is 2.33. The average Bonchev–Trinajstić information content (AvgIpc) is 2.69. The Kier molecular flexibility index (Phi) is 6.43. The van der Waals surface area contributed by atoms with Gasteiger partial charge >= 0.3 is 6.61 Å². The van der Waals surface area contributed by atoms with Crippen LogP contribution in [0.15, 0.2) is 41.3 Å². The van der Waals surface area contributed by atoms with Crippen molar-refractivity contribution in [1.82, 2.24) is 5.32 Å². The first-order valence-electron chi connectivity index (χ1n) is 9.02. The molecule has 29 heavy (non-hydrogen) atoms. The van der Waals surface area contributed by atoms with Gasteiger partial charge in [-0.05, 0) is 36.8 Å². The van der Waals surface area contributed by atoms with E-state index < -0.39 is 16.6 Å². The Labute approximate surface area is 168 Å². The smallest absolute Gasteiger partial charge is 0.387 e. The summed E-state index contributed by atoms with van der Waals surface area (Å²) >= 11 is 0. The van der Waals surface area contributed by atoms with Gasteiger partial charge in [0.2, 0.25) is 0 Å². The summed E-state index contributed by atoms with van der Waals surface area (Å²) in [7, 11) is -2.61. The van der Waals surface area contributed by atoms with Crippen LogP contribution in [0, 0.1) is 6.92 Å². The molecule has 0 spiro atoms. The van der Waals surface area contributed by atoms with Crippen molar-refractivity contribution in [3.05, 3.63) is 42.0 Å². The van der Waals surface area contributed by atoms with E-state index in [1.54, 1.807) is 12.1 Å². The number of rotatable bonds is 7. The molecule has 0 amide bonds. The van der Waals surface area contributed by atoms with E-state index in [9.17, 15) is 17.2 Å². The maximum Gasteiger partial charge on any atom is 0.387 e. The Bertz CT molecular complexity index is 964. The second-order valence-corrected chi connectivity index (χ2v) is 8.22. The SMILES string of the molecule is COc1cc(NS(=O)(=O)c2ccc(C)c(N3CCNCC3)c2)ccc1OC(F)F. The normalized spacial score (nSPS) is 14.7. The number of alkyl halides is 2. The number of benzene rings is 2. The number of anilines is 2. The number of nitrogens with one attached hydrogen (secondary N) is 2. The minimum atomic E-state index is -3.89. The van der Waals surface area contributed by atoms with Crippen molar-refractivity contribution in [2.24, 2.45) is 0 Å². The van der Waals surface area contributed by atoms with Gasteiger partial charge in [0.25, 0.3) is 10.0 Å². The van der Waals surface area contributed by atoms with Crippen LogP contribution in [-0.4, -0.2) is 48.3 Å². The van der Waals surface area contributed by atoms with E-state index in [1.807, 2.05) is 6.92 Å². The molecule has 1 heterocycles. The first-order valence-corrected chi connectivity index (χ1v) is 10.5. The first-order chi connectivity index (χ1) is 13.8. The third-order valence-corrected chi connectivity index (χ3v) is 5.96. The van der Waals surface area contributed by atoms with Gasteiger partial charge in [-0.25, -0.2) is 8.42 Å². The molecule has 3 rings (SSSR count). The monoisotopic (exact) mass is 427 g/mol. The molecule has 2 aromatic rings. The molecule has 0 radical (unpaired) electrons. The molecule has 0 unspecified atom stereocenters. The van der Waals surface area contributed by atoms with Gasteiger partial charge in [0.1, 0.15) is 0 Å². The van der Waals surface area contributed by atoms with E-state index in [0.29, 0.717) is 0 Å². The fourth-order valence-electron chi connectivity index (χ4n) is 3.14. The molecular weight excluding hydrogens is 404 g/mol. The Balaban J connectivity index is 1.86. The molecule has 1 aliphatic rings. The Morgan fingerprint density at radius 1 is 1.10 bits per heavy atom. The van der Waals surface area contributed by atoms with Crippen LogP contribution in [0.3, 0.4) is 0 Å². The van der Waals surface area contributed by atoms with E-state index in [2.05, 4.69) is 19.7 Å². The molecule has 0 aromatic heterocycles. The number of sulfonamides is 1. The summed E-state index contributed by atoms with van der Waals surface area (Å²) in [5.74, 6) is -0.183. The van der Waals surface area contributed by atoms with E-state index in [0.717, 1.165) is 37.4 Å². The molecule has 1 saturated heterocycles. The number of piperazine rings is 1. The summed E-state index contributed by atoms with van der Waals surface area (Å²) in [6, 6.07) is 8.81. The van der Waals surface area contributed by atoms with Crippen LogP contribution in [0.5, 0.6) is 11.5 Å². The summed E-state index contributed by atoms with van der Waals surface area (Å²) in [6.45, 7) is 2.18. The van der Waals surface area contributed by atoms with Crippen molar-refractivity contribution >= 4 is 21.4 Å². The summed E-state index contributed by atoms with van der Waals surface area (Å²) in [4.78, 5) is 2.26. The van der Waals surface area contributed by atoms with Gasteiger partial charge in [0, 0.05) is 37.9 Å². The molecule has 158 valence electrons. The van der Waals surface area contributed by atoms with E-state index in [1.165, 1.54) is 31.4 Å². The topological polar surface area (TPSA) is 79.9 Å². The quantitative estimate of drug-likeness (QED) is 0.708. The van der Waals surface area contributed by atoms with E-state index >= 15 is 0 Å². The van der Waals surface area contributed by atoms with Gasteiger partial charge in [-0.15, -0.1) is 0 Å². The van der Waals surface area contributed by atoms with Gasteiger partial charge < -0.3 is 19.7 Å². The average molecular weight is 427 g/mol. The summed E-state index contributed by atoms with van der Waals surface area (Å²) in [6.07, 6.45) is 0. The second-order valence-electron chi connectivity index (χ2n) is 6.53. The number of hydrogen-bond acceptors (Lipinski definition) is 6. The lowest BCUT2D eigenvalue weighted by atomic mass is 10.1. The van der Waals surface area contributed by atoms with Gasteiger partial charge in [0.15, 0.2) is 11.5 Å². The lowest BCUT2D eigenvalue weighted by molar-refractivity contribution is -0.0512. The van der Waals surface area contributed by atoms with Crippen molar-refractivity contribution in [2.75, 3.05) is 42.9 Å². The Morgan fingerprint density at radius 2 is 1.83 bits per heavy atom. The number of ether oxygens (including phenoxy) is 2. The number of halogens is 2.